The monoisotopic (exact) mass is 236 g/mol. The second kappa shape index (κ2) is 5.38. The molecule has 0 bridgehead atoms. The van der Waals surface area contributed by atoms with Crippen molar-refractivity contribution in [2.45, 2.75) is 5.92 Å². The average molecular weight is 236 g/mol. The summed E-state index contributed by atoms with van der Waals surface area (Å²) in [5.41, 5.74) is 7.04. The van der Waals surface area contributed by atoms with Crippen LogP contribution in [0.5, 0.6) is 11.5 Å². The highest BCUT2D eigenvalue weighted by molar-refractivity contribution is 5.40. The van der Waals surface area contributed by atoms with Gasteiger partial charge in [-0.25, -0.2) is 0 Å². The van der Waals surface area contributed by atoms with Gasteiger partial charge < -0.3 is 20.5 Å². The number of methoxy groups -OCH3 is 2. The summed E-state index contributed by atoms with van der Waals surface area (Å²) in [5, 5.41) is 3.39. The van der Waals surface area contributed by atoms with Crippen LogP contribution in [0.2, 0.25) is 0 Å². The third-order valence-electron chi connectivity index (χ3n) is 3.44. The molecule has 1 fully saturated rings. The van der Waals surface area contributed by atoms with Crippen LogP contribution in [0.4, 0.5) is 0 Å². The Labute approximate surface area is 102 Å². The van der Waals surface area contributed by atoms with E-state index in [0.717, 1.165) is 24.6 Å². The van der Waals surface area contributed by atoms with Crippen molar-refractivity contribution >= 4 is 0 Å². The highest BCUT2D eigenvalue weighted by Crippen LogP contribution is 2.32. The maximum Gasteiger partial charge on any atom is 0.122 e. The van der Waals surface area contributed by atoms with Crippen molar-refractivity contribution in [3.63, 3.8) is 0 Å². The number of hydrogen-bond acceptors (Lipinski definition) is 4. The summed E-state index contributed by atoms with van der Waals surface area (Å²) < 4.78 is 10.6. The SMILES string of the molecule is COc1cc(OC)cc(C2CNCC2CN)c1. The molecule has 3 N–H and O–H groups in total. The second-order valence-corrected chi connectivity index (χ2v) is 4.41. The van der Waals surface area contributed by atoms with E-state index in [4.69, 9.17) is 15.2 Å². The molecule has 2 atom stereocenters. The standard InChI is InChI=1S/C13H20N2O2/c1-16-11-3-9(4-12(5-11)17-2)13-8-15-7-10(13)6-14/h3-5,10,13,15H,6-8,14H2,1-2H3. The third-order valence-corrected chi connectivity index (χ3v) is 3.44. The fourth-order valence-corrected chi connectivity index (χ4v) is 2.41. The van der Waals surface area contributed by atoms with Gasteiger partial charge in [0.1, 0.15) is 11.5 Å². The number of rotatable bonds is 4. The predicted octanol–water partition coefficient (Wildman–Crippen LogP) is 0.966. The van der Waals surface area contributed by atoms with Gasteiger partial charge in [0, 0.05) is 18.5 Å². The van der Waals surface area contributed by atoms with Gasteiger partial charge in [0.15, 0.2) is 0 Å². The molecule has 1 aliphatic rings. The number of nitrogens with one attached hydrogen (secondary N) is 1. The minimum absolute atomic E-state index is 0.448. The Morgan fingerprint density at radius 1 is 1.18 bits per heavy atom. The largest absolute Gasteiger partial charge is 0.497 e. The fraction of sp³-hybridized carbons (Fsp3) is 0.538. The summed E-state index contributed by atoms with van der Waals surface area (Å²) in [4.78, 5) is 0. The molecular formula is C13H20N2O2. The van der Waals surface area contributed by atoms with Gasteiger partial charge in [-0.1, -0.05) is 0 Å². The maximum absolute atomic E-state index is 5.80. The van der Waals surface area contributed by atoms with Crippen molar-refractivity contribution in [2.75, 3.05) is 33.9 Å². The van der Waals surface area contributed by atoms with Crippen LogP contribution in [0.3, 0.4) is 0 Å². The Bertz CT molecular complexity index is 359. The lowest BCUT2D eigenvalue weighted by Gasteiger charge is -2.18. The van der Waals surface area contributed by atoms with E-state index in [-0.39, 0.29) is 0 Å². The topological polar surface area (TPSA) is 56.5 Å². The Morgan fingerprint density at radius 3 is 2.35 bits per heavy atom. The van der Waals surface area contributed by atoms with Crippen LogP contribution < -0.4 is 20.5 Å². The summed E-state index contributed by atoms with van der Waals surface area (Å²) in [6.07, 6.45) is 0. The van der Waals surface area contributed by atoms with E-state index in [0.29, 0.717) is 18.4 Å². The zero-order chi connectivity index (χ0) is 12.3. The van der Waals surface area contributed by atoms with Gasteiger partial charge in [-0.2, -0.15) is 0 Å². The van der Waals surface area contributed by atoms with Crippen LogP contribution >= 0.6 is 0 Å². The molecule has 94 valence electrons. The molecule has 0 radical (unpaired) electrons. The Balaban J connectivity index is 2.30. The molecule has 0 amide bonds. The van der Waals surface area contributed by atoms with Crippen LogP contribution in [0.25, 0.3) is 0 Å². The van der Waals surface area contributed by atoms with Crippen molar-refractivity contribution in [1.29, 1.82) is 0 Å². The van der Waals surface area contributed by atoms with Gasteiger partial charge in [0.2, 0.25) is 0 Å². The van der Waals surface area contributed by atoms with E-state index in [1.165, 1.54) is 5.56 Å². The molecule has 2 rings (SSSR count). The Morgan fingerprint density at radius 2 is 1.82 bits per heavy atom. The third kappa shape index (κ3) is 2.53. The molecule has 0 aliphatic carbocycles. The van der Waals surface area contributed by atoms with Crippen molar-refractivity contribution < 1.29 is 9.47 Å². The van der Waals surface area contributed by atoms with Crippen LogP contribution in [0.15, 0.2) is 18.2 Å². The molecular weight excluding hydrogens is 216 g/mol. The number of ether oxygens (including phenoxy) is 2. The highest BCUT2D eigenvalue weighted by atomic mass is 16.5. The molecule has 4 nitrogen and oxygen atoms in total. The summed E-state index contributed by atoms with van der Waals surface area (Å²) >= 11 is 0. The van der Waals surface area contributed by atoms with E-state index < -0.39 is 0 Å². The van der Waals surface area contributed by atoms with E-state index >= 15 is 0 Å². The smallest absolute Gasteiger partial charge is 0.122 e. The number of hydrogen-bond donors (Lipinski definition) is 2. The Hall–Kier alpha value is -1.26. The van der Waals surface area contributed by atoms with Crippen LogP contribution in [-0.2, 0) is 0 Å². The van der Waals surface area contributed by atoms with E-state index in [1.54, 1.807) is 14.2 Å². The first-order valence-corrected chi connectivity index (χ1v) is 5.92. The summed E-state index contributed by atoms with van der Waals surface area (Å²) in [7, 11) is 3.34. The molecule has 17 heavy (non-hydrogen) atoms. The van der Waals surface area contributed by atoms with E-state index in [1.807, 2.05) is 6.07 Å². The Kier molecular flexibility index (Phi) is 3.86. The first-order valence-electron chi connectivity index (χ1n) is 5.92. The highest BCUT2D eigenvalue weighted by Gasteiger charge is 2.27. The van der Waals surface area contributed by atoms with Crippen LogP contribution in [-0.4, -0.2) is 33.9 Å². The second-order valence-electron chi connectivity index (χ2n) is 4.41. The number of nitrogens with two attached hydrogens (primary N) is 1. The van der Waals surface area contributed by atoms with Gasteiger partial charge in [-0.15, -0.1) is 0 Å². The van der Waals surface area contributed by atoms with Gasteiger partial charge in [-0.3, -0.25) is 0 Å². The van der Waals surface area contributed by atoms with Gasteiger partial charge in [0.25, 0.3) is 0 Å². The molecule has 1 aromatic rings. The van der Waals surface area contributed by atoms with Crippen molar-refractivity contribution in [3.05, 3.63) is 23.8 Å². The number of benzene rings is 1. The first-order chi connectivity index (χ1) is 8.28. The lowest BCUT2D eigenvalue weighted by atomic mass is 9.89. The molecule has 0 aromatic heterocycles. The van der Waals surface area contributed by atoms with Gasteiger partial charge >= 0.3 is 0 Å². The maximum atomic E-state index is 5.80. The molecule has 2 unspecified atom stereocenters. The summed E-state index contributed by atoms with van der Waals surface area (Å²) in [5.74, 6) is 2.61. The first kappa shape index (κ1) is 12.2. The minimum atomic E-state index is 0.448. The quantitative estimate of drug-likeness (QED) is 0.817. The molecule has 1 aliphatic heterocycles. The van der Waals surface area contributed by atoms with Crippen molar-refractivity contribution in [3.8, 4) is 11.5 Å². The molecule has 0 saturated carbocycles. The molecule has 0 spiro atoms. The predicted molar refractivity (Wildman–Crippen MR) is 67.7 cm³/mol. The van der Waals surface area contributed by atoms with Crippen molar-refractivity contribution in [2.24, 2.45) is 11.7 Å². The van der Waals surface area contributed by atoms with Crippen molar-refractivity contribution in [1.82, 2.24) is 5.32 Å². The van der Waals surface area contributed by atoms with Gasteiger partial charge in [-0.05, 0) is 36.7 Å². The lowest BCUT2D eigenvalue weighted by Crippen LogP contribution is -2.21. The minimum Gasteiger partial charge on any atom is -0.497 e. The van der Waals surface area contributed by atoms with Crippen LogP contribution in [0, 0.1) is 5.92 Å². The lowest BCUT2D eigenvalue weighted by molar-refractivity contribution is 0.391. The van der Waals surface area contributed by atoms with Crippen LogP contribution in [0.1, 0.15) is 11.5 Å². The molecule has 4 heteroatoms. The van der Waals surface area contributed by atoms with E-state index in [9.17, 15) is 0 Å². The summed E-state index contributed by atoms with van der Waals surface area (Å²) in [6.45, 7) is 2.66. The van der Waals surface area contributed by atoms with Gasteiger partial charge in [0.05, 0.1) is 14.2 Å². The zero-order valence-electron chi connectivity index (χ0n) is 10.4. The fourth-order valence-electron chi connectivity index (χ4n) is 2.41. The zero-order valence-corrected chi connectivity index (χ0v) is 10.4. The molecule has 1 aromatic carbocycles. The molecule has 1 heterocycles. The normalized spacial score (nSPS) is 23.7. The molecule has 1 saturated heterocycles. The van der Waals surface area contributed by atoms with E-state index in [2.05, 4.69) is 17.4 Å². The average Bonchev–Trinajstić information content (AvgIpc) is 2.86. The summed E-state index contributed by atoms with van der Waals surface area (Å²) in [6, 6.07) is 6.04.